The van der Waals surface area contributed by atoms with Gasteiger partial charge in [-0.1, -0.05) is 37.8 Å². The Morgan fingerprint density at radius 3 is 2.20 bits per heavy atom. The largest absolute Gasteiger partial charge is 0.497 e. The Morgan fingerprint density at radius 1 is 0.886 bits per heavy atom. The van der Waals surface area contributed by atoms with Crippen LogP contribution in [0.2, 0.25) is 0 Å². The first-order valence-electron chi connectivity index (χ1n) is 12.6. The third kappa shape index (κ3) is 5.25. The van der Waals surface area contributed by atoms with Crippen LogP contribution in [0.25, 0.3) is 11.3 Å². The van der Waals surface area contributed by atoms with Crippen LogP contribution in [0.1, 0.15) is 57.4 Å². The summed E-state index contributed by atoms with van der Waals surface area (Å²) in [4.78, 5) is 6.33. The van der Waals surface area contributed by atoms with E-state index in [0.29, 0.717) is 24.0 Å². The molecule has 0 radical (unpaired) electrons. The summed E-state index contributed by atoms with van der Waals surface area (Å²) in [5, 5.41) is 2.16. The third-order valence-corrected chi connectivity index (χ3v) is 9.83. The summed E-state index contributed by atoms with van der Waals surface area (Å²) in [5.74, 6) is 0.815. The predicted octanol–water partition coefficient (Wildman–Crippen LogP) is 6.14. The zero-order valence-electron chi connectivity index (χ0n) is 20.2. The molecule has 0 unspecified atom stereocenters. The minimum Gasteiger partial charge on any atom is -0.497 e. The summed E-state index contributed by atoms with van der Waals surface area (Å²) in [5.41, 5.74) is 3.03. The van der Waals surface area contributed by atoms with Gasteiger partial charge >= 0.3 is 0 Å². The number of benzene rings is 2. The van der Waals surface area contributed by atoms with Gasteiger partial charge in [-0.05, 0) is 67.6 Å². The van der Waals surface area contributed by atoms with E-state index in [2.05, 4.69) is 9.95 Å². The van der Waals surface area contributed by atoms with Crippen LogP contribution in [0.4, 0.5) is 5.69 Å². The van der Waals surface area contributed by atoms with Crippen molar-refractivity contribution in [2.75, 3.05) is 20.2 Å². The molecule has 2 aromatic carbocycles. The highest BCUT2D eigenvalue weighted by molar-refractivity contribution is 7.89. The zero-order valence-corrected chi connectivity index (χ0v) is 21.9. The number of sulfonamides is 1. The lowest BCUT2D eigenvalue weighted by molar-refractivity contribution is 0.346. The molecule has 3 aromatic rings. The van der Waals surface area contributed by atoms with Crippen molar-refractivity contribution in [1.29, 1.82) is 0 Å². The van der Waals surface area contributed by atoms with Gasteiger partial charge in [0.25, 0.3) is 0 Å². The second-order valence-corrected chi connectivity index (χ2v) is 12.1. The van der Waals surface area contributed by atoms with E-state index in [1.165, 1.54) is 19.3 Å². The molecule has 1 aromatic heterocycles. The van der Waals surface area contributed by atoms with Crippen molar-refractivity contribution in [3.8, 4) is 17.0 Å². The van der Waals surface area contributed by atoms with Crippen LogP contribution >= 0.6 is 11.3 Å². The summed E-state index contributed by atoms with van der Waals surface area (Å²) < 4.78 is 35.5. The first-order chi connectivity index (χ1) is 17.1. The predicted molar refractivity (Wildman–Crippen MR) is 141 cm³/mol. The second-order valence-electron chi connectivity index (χ2n) is 9.36. The minimum absolute atomic E-state index is 0.380. The lowest BCUT2D eigenvalue weighted by atomic mass is 9.95. The molecular weight excluding hydrogens is 478 g/mol. The summed E-state index contributed by atoms with van der Waals surface area (Å²) in [6.07, 6.45) is 8.99. The topological polar surface area (TPSA) is 63.9 Å². The number of hydrogen-bond acceptors (Lipinski definition) is 5. The highest BCUT2D eigenvalue weighted by Gasteiger charge is 2.26. The van der Waals surface area contributed by atoms with Crippen molar-refractivity contribution in [3.63, 3.8) is 0 Å². The second kappa shape index (κ2) is 10.7. The molecule has 35 heavy (non-hydrogen) atoms. The van der Waals surface area contributed by atoms with Gasteiger partial charge in [0, 0.05) is 24.5 Å². The lowest BCUT2D eigenvalue weighted by Crippen LogP contribution is -2.35. The van der Waals surface area contributed by atoms with Gasteiger partial charge in [0.15, 0.2) is 4.80 Å². The molecular formula is C27H33N3O3S2. The van der Waals surface area contributed by atoms with E-state index >= 15 is 0 Å². The number of piperidine rings is 1. The van der Waals surface area contributed by atoms with Crippen LogP contribution in [-0.2, 0) is 10.0 Å². The highest BCUT2D eigenvalue weighted by Crippen LogP contribution is 2.33. The molecule has 2 aliphatic rings. The van der Waals surface area contributed by atoms with Crippen molar-refractivity contribution in [2.24, 2.45) is 4.99 Å². The molecule has 8 heteroatoms. The molecule has 6 nitrogen and oxygen atoms in total. The Hall–Kier alpha value is -2.42. The van der Waals surface area contributed by atoms with Gasteiger partial charge in [0.2, 0.25) is 10.0 Å². The maximum absolute atomic E-state index is 13.1. The minimum atomic E-state index is -3.43. The fourth-order valence-electron chi connectivity index (χ4n) is 5.12. The lowest BCUT2D eigenvalue weighted by Gasteiger charge is -2.26. The maximum atomic E-state index is 13.1. The molecule has 2 fully saturated rings. The van der Waals surface area contributed by atoms with Crippen LogP contribution in [0.3, 0.4) is 0 Å². The first kappa shape index (κ1) is 24.3. The average molecular weight is 512 g/mol. The van der Waals surface area contributed by atoms with Crippen LogP contribution in [0.15, 0.2) is 63.8 Å². The average Bonchev–Trinajstić information content (AvgIpc) is 3.33. The highest BCUT2D eigenvalue weighted by atomic mass is 32.2. The van der Waals surface area contributed by atoms with Crippen LogP contribution < -0.4 is 9.54 Å². The van der Waals surface area contributed by atoms with Crippen LogP contribution in [0, 0.1) is 0 Å². The van der Waals surface area contributed by atoms with Crippen molar-refractivity contribution in [2.45, 2.75) is 62.3 Å². The number of methoxy groups -OCH3 is 1. The molecule has 2 heterocycles. The Bertz CT molecular complexity index is 1300. The van der Waals surface area contributed by atoms with Gasteiger partial charge in [-0.15, -0.1) is 11.3 Å². The van der Waals surface area contributed by atoms with E-state index in [0.717, 1.165) is 59.6 Å². The van der Waals surface area contributed by atoms with Crippen molar-refractivity contribution >= 4 is 27.0 Å². The number of thiazole rings is 1. The number of ether oxygens (including phenoxy) is 1. The zero-order chi connectivity index (χ0) is 24.3. The summed E-state index contributed by atoms with van der Waals surface area (Å²) in [6.45, 7) is 1.24. The standard InChI is InChI=1S/C27H33N3O3S2/c1-33-24-14-12-22(13-15-24)28-27-30(23-8-4-2-5-9-23)26(20-34-27)21-10-16-25(17-11-21)35(31,32)29-18-6-3-7-19-29/h10-17,20,23H,2-9,18-19H2,1H3. The molecule has 0 amide bonds. The molecule has 0 bridgehead atoms. The van der Waals surface area contributed by atoms with Gasteiger partial charge in [-0.2, -0.15) is 4.31 Å². The summed E-state index contributed by atoms with van der Waals surface area (Å²) >= 11 is 1.64. The van der Waals surface area contributed by atoms with E-state index in [4.69, 9.17) is 9.73 Å². The first-order valence-corrected chi connectivity index (χ1v) is 14.9. The number of rotatable bonds is 6. The fraction of sp³-hybridized carbons (Fsp3) is 0.444. The van der Waals surface area contributed by atoms with Gasteiger partial charge < -0.3 is 9.30 Å². The molecule has 5 rings (SSSR count). The maximum Gasteiger partial charge on any atom is 0.243 e. The molecule has 0 spiro atoms. The van der Waals surface area contributed by atoms with Gasteiger partial charge in [-0.25, -0.2) is 13.4 Å². The van der Waals surface area contributed by atoms with Crippen molar-refractivity contribution in [1.82, 2.24) is 8.87 Å². The van der Waals surface area contributed by atoms with Crippen molar-refractivity contribution < 1.29 is 13.2 Å². The monoisotopic (exact) mass is 511 g/mol. The summed E-state index contributed by atoms with van der Waals surface area (Å²) in [6, 6.07) is 15.7. The molecule has 1 aliphatic carbocycles. The summed E-state index contributed by atoms with van der Waals surface area (Å²) in [7, 11) is -1.77. The van der Waals surface area contributed by atoms with Crippen LogP contribution in [-0.4, -0.2) is 37.5 Å². The van der Waals surface area contributed by atoms with E-state index in [-0.39, 0.29) is 0 Å². The molecule has 1 saturated heterocycles. The third-order valence-electron chi connectivity index (χ3n) is 7.08. The van der Waals surface area contributed by atoms with Crippen molar-refractivity contribution in [3.05, 3.63) is 58.7 Å². The Morgan fingerprint density at radius 2 is 1.54 bits per heavy atom. The van der Waals surface area contributed by atoms with Gasteiger partial charge in [0.1, 0.15) is 5.75 Å². The Labute approximate surface area is 212 Å². The molecule has 1 aliphatic heterocycles. The number of hydrogen-bond donors (Lipinski definition) is 0. The van der Waals surface area contributed by atoms with Gasteiger partial charge in [-0.3, -0.25) is 0 Å². The van der Waals surface area contributed by atoms with E-state index in [1.807, 2.05) is 36.4 Å². The van der Waals surface area contributed by atoms with Gasteiger partial charge in [0.05, 0.1) is 23.4 Å². The van der Waals surface area contributed by atoms with E-state index in [9.17, 15) is 8.42 Å². The smallest absolute Gasteiger partial charge is 0.243 e. The molecule has 1 saturated carbocycles. The number of nitrogens with zero attached hydrogens (tertiary/aromatic N) is 3. The SMILES string of the molecule is COc1ccc(N=c2scc(-c3ccc(S(=O)(=O)N4CCCCC4)cc3)n2C2CCCCC2)cc1. The van der Waals surface area contributed by atoms with Crippen LogP contribution in [0.5, 0.6) is 5.75 Å². The molecule has 186 valence electrons. The van der Waals surface area contributed by atoms with E-state index in [1.54, 1.807) is 34.9 Å². The van der Waals surface area contributed by atoms with E-state index < -0.39 is 10.0 Å². The molecule has 0 N–H and O–H groups in total. The molecule has 0 atom stereocenters. The number of aromatic nitrogens is 1. The Balaban J connectivity index is 1.51. The Kier molecular flexibility index (Phi) is 7.41. The quantitative estimate of drug-likeness (QED) is 0.399. The normalized spacial score (nSPS) is 18.6. The fourth-order valence-corrected chi connectivity index (χ4v) is 7.63.